The second-order valence-electron chi connectivity index (χ2n) is 6.80. The summed E-state index contributed by atoms with van der Waals surface area (Å²) in [4.78, 5) is 25.6. The van der Waals surface area contributed by atoms with Crippen LogP contribution in [0.1, 0.15) is 23.1 Å². The molecule has 0 saturated heterocycles. The van der Waals surface area contributed by atoms with Gasteiger partial charge in [-0.2, -0.15) is 0 Å². The van der Waals surface area contributed by atoms with E-state index in [9.17, 15) is 9.59 Å². The van der Waals surface area contributed by atoms with Crippen molar-refractivity contribution in [3.63, 3.8) is 0 Å². The molecule has 2 aromatic rings. The molecule has 0 radical (unpaired) electrons. The third-order valence-corrected chi connectivity index (χ3v) is 4.81. The highest BCUT2D eigenvalue weighted by Gasteiger charge is 2.15. The number of methoxy groups -OCH3 is 1. The quantitative estimate of drug-likeness (QED) is 0.656. The van der Waals surface area contributed by atoms with Crippen LogP contribution in [0.4, 0.5) is 0 Å². The molecule has 6 nitrogen and oxygen atoms in total. The molecule has 0 atom stereocenters. The lowest BCUT2D eigenvalue weighted by atomic mass is 10.1. The van der Waals surface area contributed by atoms with Crippen LogP contribution in [-0.2, 0) is 33.7 Å². The van der Waals surface area contributed by atoms with Crippen molar-refractivity contribution in [2.24, 2.45) is 0 Å². The van der Waals surface area contributed by atoms with Gasteiger partial charge in [-0.15, -0.1) is 0 Å². The van der Waals surface area contributed by atoms with Crippen molar-refractivity contribution in [1.29, 1.82) is 0 Å². The molecule has 0 fully saturated rings. The zero-order valence-corrected chi connectivity index (χ0v) is 16.3. The molecule has 0 aliphatic heterocycles. The lowest BCUT2D eigenvalue weighted by molar-refractivity contribution is -0.153. The summed E-state index contributed by atoms with van der Waals surface area (Å²) >= 11 is 0. The predicted octanol–water partition coefficient (Wildman–Crippen LogP) is 2.76. The van der Waals surface area contributed by atoms with E-state index in [4.69, 9.17) is 14.2 Å². The Hall–Kier alpha value is -3.02. The molecule has 0 saturated carbocycles. The number of carbonyl (C=O) groups is 2. The molecular weight excluding hydrogens is 358 g/mol. The number of fused-ring (bicyclic) bond motifs is 1. The van der Waals surface area contributed by atoms with Crippen molar-refractivity contribution in [3.8, 4) is 11.5 Å². The van der Waals surface area contributed by atoms with E-state index in [0.717, 1.165) is 24.8 Å². The number of hydrogen-bond acceptors (Lipinski definition) is 5. The molecule has 1 amide bonds. The number of nitrogens with zero attached hydrogens (tertiary/aromatic N) is 1. The number of likely N-dealkylation sites (N-methyl/N-ethyl adjacent to an activating group) is 1. The first kappa shape index (κ1) is 19.7. The summed E-state index contributed by atoms with van der Waals surface area (Å²) in [6, 6.07) is 13.4. The van der Waals surface area contributed by atoms with Crippen molar-refractivity contribution in [1.82, 2.24) is 4.90 Å². The van der Waals surface area contributed by atoms with Gasteiger partial charge in [0, 0.05) is 19.2 Å². The maximum atomic E-state index is 12.2. The zero-order valence-electron chi connectivity index (χ0n) is 16.3. The minimum absolute atomic E-state index is 0.220. The van der Waals surface area contributed by atoms with E-state index < -0.39 is 5.97 Å². The molecule has 3 rings (SSSR count). The minimum Gasteiger partial charge on any atom is -0.496 e. The van der Waals surface area contributed by atoms with Gasteiger partial charge in [0.25, 0.3) is 5.91 Å². The second-order valence-corrected chi connectivity index (χ2v) is 6.80. The van der Waals surface area contributed by atoms with E-state index in [-0.39, 0.29) is 19.1 Å². The largest absolute Gasteiger partial charge is 0.496 e. The lowest BCUT2D eigenvalue weighted by Gasteiger charge is -2.18. The summed E-state index contributed by atoms with van der Waals surface area (Å²) in [5.74, 6) is 0.496. The molecule has 1 aliphatic rings. The summed E-state index contributed by atoms with van der Waals surface area (Å²) < 4.78 is 15.8. The lowest BCUT2D eigenvalue weighted by Crippen LogP contribution is -2.31. The summed E-state index contributed by atoms with van der Waals surface area (Å²) in [5.41, 5.74) is 3.50. The van der Waals surface area contributed by atoms with Crippen molar-refractivity contribution in [2.45, 2.75) is 25.8 Å². The van der Waals surface area contributed by atoms with Crippen LogP contribution in [0.5, 0.6) is 11.5 Å². The Kier molecular flexibility index (Phi) is 6.53. The Bertz CT molecular complexity index is 849. The molecule has 0 N–H and O–H groups in total. The van der Waals surface area contributed by atoms with Gasteiger partial charge in [0.15, 0.2) is 13.2 Å². The highest BCUT2D eigenvalue weighted by molar-refractivity contribution is 5.80. The van der Waals surface area contributed by atoms with Crippen LogP contribution in [0.2, 0.25) is 0 Å². The SMILES string of the molecule is COc1ccccc1CN(C)C(=O)COC(=O)COc1ccc2c(c1)CCC2. The minimum atomic E-state index is -0.570. The molecule has 0 unspecified atom stereocenters. The fourth-order valence-corrected chi connectivity index (χ4v) is 3.25. The van der Waals surface area contributed by atoms with Gasteiger partial charge in [-0.1, -0.05) is 24.3 Å². The van der Waals surface area contributed by atoms with Crippen LogP contribution >= 0.6 is 0 Å². The average Bonchev–Trinajstić information content (AvgIpc) is 3.18. The third kappa shape index (κ3) is 5.03. The standard InChI is InChI=1S/C22H25NO5/c1-23(13-18-6-3-4-9-20(18)26-2)21(24)14-28-22(25)15-27-19-11-10-16-7-5-8-17(16)12-19/h3-4,6,9-12H,5,7-8,13-15H2,1-2H3. The van der Waals surface area contributed by atoms with Gasteiger partial charge in [-0.3, -0.25) is 4.79 Å². The molecule has 0 spiro atoms. The maximum Gasteiger partial charge on any atom is 0.344 e. The van der Waals surface area contributed by atoms with Gasteiger partial charge in [0.1, 0.15) is 11.5 Å². The van der Waals surface area contributed by atoms with E-state index in [2.05, 4.69) is 0 Å². The Morgan fingerprint density at radius 3 is 2.64 bits per heavy atom. The third-order valence-electron chi connectivity index (χ3n) is 4.81. The summed E-state index contributed by atoms with van der Waals surface area (Å²) in [6.45, 7) is -0.174. The van der Waals surface area contributed by atoms with E-state index in [1.807, 2.05) is 42.5 Å². The van der Waals surface area contributed by atoms with Crippen molar-refractivity contribution >= 4 is 11.9 Å². The van der Waals surface area contributed by atoms with Crippen molar-refractivity contribution < 1.29 is 23.8 Å². The molecule has 6 heteroatoms. The molecule has 148 valence electrons. The Morgan fingerprint density at radius 1 is 1.04 bits per heavy atom. The molecule has 2 aromatic carbocycles. The summed E-state index contributed by atoms with van der Waals surface area (Å²) in [7, 11) is 3.24. The van der Waals surface area contributed by atoms with E-state index in [0.29, 0.717) is 18.0 Å². The number of rotatable bonds is 8. The fourth-order valence-electron chi connectivity index (χ4n) is 3.25. The van der Waals surface area contributed by atoms with Crippen LogP contribution in [0.15, 0.2) is 42.5 Å². The van der Waals surface area contributed by atoms with Gasteiger partial charge < -0.3 is 19.1 Å². The molecule has 0 aromatic heterocycles. The zero-order chi connectivity index (χ0) is 19.9. The normalized spacial score (nSPS) is 12.2. The van der Waals surface area contributed by atoms with Gasteiger partial charge in [0.05, 0.1) is 7.11 Å². The second kappa shape index (κ2) is 9.26. The highest BCUT2D eigenvalue weighted by Crippen LogP contribution is 2.26. The number of benzene rings is 2. The first-order valence-corrected chi connectivity index (χ1v) is 9.33. The molecule has 1 aliphatic carbocycles. The van der Waals surface area contributed by atoms with Crippen molar-refractivity contribution in [2.75, 3.05) is 27.4 Å². The van der Waals surface area contributed by atoms with Crippen LogP contribution < -0.4 is 9.47 Å². The van der Waals surface area contributed by atoms with Crippen LogP contribution in [0.25, 0.3) is 0 Å². The average molecular weight is 383 g/mol. The summed E-state index contributed by atoms with van der Waals surface area (Å²) in [5, 5.41) is 0. The number of hydrogen-bond donors (Lipinski definition) is 0. The number of amides is 1. The Balaban J connectivity index is 1.43. The number of para-hydroxylation sites is 1. The highest BCUT2D eigenvalue weighted by atomic mass is 16.6. The smallest absolute Gasteiger partial charge is 0.344 e. The fraction of sp³-hybridized carbons (Fsp3) is 0.364. The maximum absolute atomic E-state index is 12.2. The molecular formula is C22H25NO5. The van der Waals surface area contributed by atoms with E-state index in [1.165, 1.54) is 16.0 Å². The number of esters is 1. The first-order valence-electron chi connectivity index (χ1n) is 9.33. The number of aryl methyl sites for hydroxylation is 2. The van der Waals surface area contributed by atoms with E-state index in [1.54, 1.807) is 14.2 Å². The Labute approximate surface area is 165 Å². The molecule has 28 heavy (non-hydrogen) atoms. The van der Waals surface area contributed by atoms with Crippen molar-refractivity contribution in [3.05, 3.63) is 59.2 Å². The molecule has 0 bridgehead atoms. The van der Waals surface area contributed by atoms with Gasteiger partial charge in [0.2, 0.25) is 0 Å². The molecule has 0 heterocycles. The Morgan fingerprint density at radius 2 is 1.82 bits per heavy atom. The van der Waals surface area contributed by atoms with Crippen LogP contribution in [0, 0.1) is 0 Å². The van der Waals surface area contributed by atoms with Crippen LogP contribution in [0.3, 0.4) is 0 Å². The van der Waals surface area contributed by atoms with Gasteiger partial charge in [-0.25, -0.2) is 4.79 Å². The monoisotopic (exact) mass is 383 g/mol. The van der Waals surface area contributed by atoms with E-state index >= 15 is 0 Å². The number of ether oxygens (including phenoxy) is 3. The first-order chi connectivity index (χ1) is 13.6. The van der Waals surface area contributed by atoms with Gasteiger partial charge in [-0.05, 0) is 48.6 Å². The van der Waals surface area contributed by atoms with Gasteiger partial charge >= 0.3 is 5.97 Å². The predicted molar refractivity (Wildman–Crippen MR) is 104 cm³/mol. The summed E-state index contributed by atoms with van der Waals surface area (Å²) in [6.07, 6.45) is 3.30. The number of carbonyl (C=O) groups excluding carboxylic acids is 2. The topological polar surface area (TPSA) is 65.1 Å². The van der Waals surface area contributed by atoms with Crippen LogP contribution in [-0.4, -0.2) is 44.1 Å².